The largest absolute Gasteiger partial charge is 0.0651 e. The van der Waals surface area contributed by atoms with Gasteiger partial charge in [-0.3, -0.25) is 0 Å². The van der Waals surface area contributed by atoms with Crippen molar-refractivity contribution < 1.29 is 0 Å². The lowest BCUT2D eigenvalue weighted by Gasteiger charge is -1.98. The molecule has 0 N–H and O–H groups in total. The smallest absolute Gasteiger partial charge is 0.0448 e. The van der Waals surface area contributed by atoms with Gasteiger partial charge in [0.1, 0.15) is 0 Å². The minimum Gasteiger partial charge on any atom is -0.0651 e. The molecule has 0 aromatic heterocycles. The van der Waals surface area contributed by atoms with E-state index in [0.29, 0.717) is 0 Å². The summed E-state index contributed by atoms with van der Waals surface area (Å²) < 4.78 is 0. The molecule has 0 unspecified atom stereocenters. The summed E-state index contributed by atoms with van der Waals surface area (Å²) in [4.78, 5) is 0. The second kappa shape index (κ2) is 3.20. The molecular formula is C6H14. The van der Waals surface area contributed by atoms with Crippen molar-refractivity contribution in [1.82, 2.24) is 0 Å². The summed E-state index contributed by atoms with van der Waals surface area (Å²) in [6.07, 6.45) is 2.66. The van der Waals surface area contributed by atoms with Gasteiger partial charge in [0.05, 0.1) is 0 Å². The zero-order valence-electron chi connectivity index (χ0n) is 4.99. The molecule has 0 heterocycles. The number of hydrogen-bond donors (Lipinski definition) is 0. The molecule has 0 heteroatoms. The third-order valence-corrected chi connectivity index (χ3v) is 1.39. The molecular weight excluding hydrogens is 73.1 g/mol. The van der Waals surface area contributed by atoms with Crippen LogP contribution in [0.1, 0.15) is 33.6 Å². The molecule has 0 rings (SSSR count). The van der Waals surface area contributed by atoms with E-state index in [4.69, 9.17) is 0 Å². The Hall–Kier alpha value is 0. The molecule has 0 saturated carbocycles. The monoisotopic (exact) mass is 87.1 g/mol. The van der Waals surface area contributed by atoms with E-state index in [-0.39, 0.29) is 0 Å². The van der Waals surface area contributed by atoms with Gasteiger partial charge in [0.2, 0.25) is 0 Å². The first-order chi connectivity index (χ1) is 2.81. The molecule has 0 spiro atoms. The van der Waals surface area contributed by atoms with Gasteiger partial charge in [-0.2, -0.15) is 0 Å². The standard InChI is InChI=1S/C6H14/c1-4-6(3)5-2/h6H,4-5H2,1-3H3/i3+1. The van der Waals surface area contributed by atoms with Gasteiger partial charge in [-0.05, 0) is 5.92 Å². The minimum atomic E-state index is 0.935. The minimum absolute atomic E-state index is 0.935. The highest BCUT2D eigenvalue weighted by Crippen LogP contribution is 2.02. The summed E-state index contributed by atoms with van der Waals surface area (Å²) >= 11 is 0. The van der Waals surface area contributed by atoms with Crippen LogP contribution in [0.5, 0.6) is 0 Å². The molecule has 0 fully saturated rings. The van der Waals surface area contributed by atoms with Crippen molar-refractivity contribution in [1.29, 1.82) is 0 Å². The Morgan fingerprint density at radius 2 is 1.50 bits per heavy atom. The van der Waals surface area contributed by atoms with Gasteiger partial charge in [-0.25, -0.2) is 0 Å². The zero-order chi connectivity index (χ0) is 4.99. The van der Waals surface area contributed by atoms with Crippen LogP contribution in [-0.2, 0) is 0 Å². The van der Waals surface area contributed by atoms with Gasteiger partial charge in [-0.15, -0.1) is 0 Å². The highest BCUT2D eigenvalue weighted by Gasteiger charge is 1.88. The summed E-state index contributed by atoms with van der Waals surface area (Å²) in [6.45, 7) is 6.74. The Labute approximate surface area is 40.6 Å². The SMILES string of the molecule is CCC([13CH3])CC. The zero-order valence-corrected chi connectivity index (χ0v) is 4.99. The number of hydrogen-bond acceptors (Lipinski definition) is 0. The van der Waals surface area contributed by atoms with Crippen molar-refractivity contribution in [3.63, 3.8) is 0 Å². The van der Waals surface area contributed by atoms with E-state index in [1.807, 2.05) is 0 Å². The van der Waals surface area contributed by atoms with Crippen LogP contribution in [0.3, 0.4) is 0 Å². The molecule has 0 aliphatic heterocycles. The Morgan fingerprint density at radius 1 is 1.17 bits per heavy atom. The fraction of sp³-hybridized carbons (Fsp3) is 1.00. The van der Waals surface area contributed by atoms with E-state index in [0.717, 1.165) is 5.92 Å². The molecule has 0 aromatic rings. The summed E-state index contributed by atoms with van der Waals surface area (Å²) in [5, 5.41) is 0. The second-order valence-corrected chi connectivity index (χ2v) is 1.92. The van der Waals surface area contributed by atoms with Crippen LogP contribution in [0, 0.1) is 5.92 Å². The van der Waals surface area contributed by atoms with E-state index >= 15 is 0 Å². The first-order valence-electron chi connectivity index (χ1n) is 2.81. The lowest BCUT2D eigenvalue weighted by molar-refractivity contribution is 0.544. The van der Waals surface area contributed by atoms with E-state index in [2.05, 4.69) is 20.8 Å². The quantitative estimate of drug-likeness (QED) is 0.454. The lowest BCUT2D eigenvalue weighted by Crippen LogP contribution is -1.85. The van der Waals surface area contributed by atoms with Crippen molar-refractivity contribution in [2.24, 2.45) is 5.92 Å². The molecule has 6 heavy (non-hydrogen) atoms. The third kappa shape index (κ3) is 2.25. The lowest BCUT2D eigenvalue weighted by atomic mass is 10.2. The predicted octanol–water partition coefficient (Wildman–Crippen LogP) is 2.44. The normalized spacial score (nSPS) is 10.0. The molecule has 0 aliphatic rings. The third-order valence-electron chi connectivity index (χ3n) is 1.39. The van der Waals surface area contributed by atoms with Crippen molar-refractivity contribution in [2.75, 3.05) is 0 Å². The van der Waals surface area contributed by atoms with Gasteiger partial charge >= 0.3 is 0 Å². The van der Waals surface area contributed by atoms with Crippen molar-refractivity contribution in [2.45, 2.75) is 33.6 Å². The summed E-state index contributed by atoms with van der Waals surface area (Å²) in [5.74, 6) is 0.935. The van der Waals surface area contributed by atoms with Crippen molar-refractivity contribution in [3.8, 4) is 0 Å². The highest BCUT2D eigenvalue weighted by molar-refractivity contribution is 4.41. The van der Waals surface area contributed by atoms with E-state index < -0.39 is 0 Å². The van der Waals surface area contributed by atoms with E-state index in [9.17, 15) is 0 Å². The highest BCUT2D eigenvalue weighted by atomic mass is 14.1. The Kier molecular flexibility index (Phi) is 3.20. The van der Waals surface area contributed by atoms with Crippen molar-refractivity contribution in [3.05, 3.63) is 0 Å². The first-order valence-corrected chi connectivity index (χ1v) is 2.81. The van der Waals surface area contributed by atoms with Gasteiger partial charge < -0.3 is 0 Å². The van der Waals surface area contributed by atoms with E-state index in [1.54, 1.807) is 0 Å². The van der Waals surface area contributed by atoms with Crippen LogP contribution in [0.15, 0.2) is 0 Å². The van der Waals surface area contributed by atoms with Crippen LogP contribution >= 0.6 is 0 Å². The van der Waals surface area contributed by atoms with Crippen LogP contribution in [-0.4, -0.2) is 0 Å². The van der Waals surface area contributed by atoms with Crippen LogP contribution < -0.4 is 0 Å². The Balaban J connectivity index is 2.75. The molecule has 0 radical (unpaired) electrons. The number of rotatable bonds is 2. The molecule has 38 valence electrons. The summed E-state index contributed by atoms with van der Waals surface area (Å²) in [7, 11) is 0. The van der Waals surface area contributed by atoms with Gasteiger partial charge in [-0.1, -0.05) is 33.6 Å². The summed E-state index contributed by atoms with van der Waals surface area (Å²) in [5.41, 5.74) is 0. The molecule has 0 amide bonds. The fourth-order valence-electron chi connectivity index (χ4n) is 0.289. The Morgan fingerprint density at radius 3 is 1.50 bits per heavy atom. The maximum Gasteiger partial charge on any atom is -0.0448 e. The summed E-state index contributed by atoms with van der Waals surface area (Å²) in [6, 6.07) is 0. The van der Waals surface area contributed by atoms with Gasteiger partial charge in [0.25, 0.3) is 0 Å². The molecule has 0 nitrogen and oxygen atoms in total. The van der Waals surface area contributed by atoms with Gasteiger partial charge in [0.15, 0.2) is 0 Å². The Bertz CT molecular complexity index is 19.2. The second-order valence-electron chi connectivity index (χ2n) is 1.92. The maximum absolute atomic E-state index is 2.28. The maximum atomic E-state index is 2.28. The molecule has 0 saturated heterocycles. The van der Waals surface area contributed by atoms with Gasteiger partial charge in [0, 0.05) is 0 Å². The average molecular weight is 87.2 g/mol. The topological polar surface area (TPSA) is 0 Å². The molecule has 0 aromatic carbocycles. The molecule has 0 atom stereocenters. The van der Waals surface area contributed by atoms with Crippen LogP contribution in [0.25, 0.3) is 0 Å². The molecule has 0 bridgehead atoms. The van der Waals surface area contributed by atoms with Crippen LogP contribution in [0.2, 0.25) is 0 Å². The predicted molar refractivity (Wildman–Crippen MR) is 29.7 cm³/mol. The average Bonchev–Trinajstić information content (AvgIpc) is 1.65. The fourth-order valence-corrected chi connectivity index (χ4v) is 0.289. The molecule has 0 aliphatic carbocycles. The first kappa shape index (κ1) is 6.00. The van der Waals surface area contributed by atoms with Crippen LogP contribution in [0.4, 0.5) is 0 Å². The van der Waals surface area contributed by atoms with Crippen molar-refractivity contribution >= 4 is 0 Å². The van der Waals surface area contributed by atoms with E-state index in [1.165, 1.54) is 12.8 Å².